The molecule has 1 aliphatic carbocycles. The van der Waals surface area contributed by atoms with Crippen LogP contribution in [-0.4, -0.2) is 44.4 Å². The van der Waals surface area contributed by atoms with E-state index in [1.165, 1.54) is 24.1 Å². The second-order valence-electron chi connectivity index (χ2n) is 7.79. The molecule has 140 valence electrons. The molecule has 0 N–H and O–H groups in total. The molecule has 2 atom stereocenters. The number of rotatable bonds is 6. The molecule has 1 aliphatic heterocycles. The van der Waals surface area contributed by atoms with Crippen LogP contribution >= 0.6 is 23.1 Å². The Morgan fingerprint density at radius 2 is 2.04 bits per heavy atom. The van der Waals surface area contributed by atoms with Gasteiger partial charge in [0.1, 0.15) is 5.82 Å². The summed E-state index contributed by atoms with van der Waals surface area (Å²) < 4.78 is 2.28. The number of amides is 1. The molecule has 5 nitrogen and oxygen atoms in total. The lowest BCUT2D eigenvalue weighted by Gasteiger charge is -2.35. The maximum absolute atomic E-state index is 12.7. The van der Waals surface area contributed by atoms with Gasteiger partial charge in [0.2, 0.25) is 5.91 Å². The Labute approximate surface area is 163 Å². The summed E-state index contributed by atoms with van der Waals surface area (Å²) in [7, 11) is 0. The van der Waals surface area contributed by atoms with E-state index in [1.54, 1.807) is 23.1 Å². The Morgan fingerprint density at radius 3 is 2.69 bits per heavy atom. The van der Waals surface area contributed by atoms with Crippen molar-refractivity contribution in [2.45, 2.75) is 50.7 Å². The van der Waals surface area contributed by atoms with Gasteiger partial charge in [-0.2, -0.15) is 0 Å². The van der Waals surface area contributed by atoms with Gasteiger partial charge >= 0.3 is 0 Å². The summed E-state index contributed by atoms with van der Waals surface area (Å²) in [5, 5.41) is 11.9. The number of carbonyl (C=O) groups is 1. The van der Waals surface area contributed by atoms with Crippen molar-refractivity contribution in [1.29, 1.82) is 0 Å². The van der Waals surface area contributed by atoms with E-state index < -0.39 is 0 Å². The zero-order chi connectivity index (χ0) is 18.1. The summed E-state index contributed by atoms with van der Waals surface area (Å²) >= 11 is 3.31. The fraction of sp³-hybridized carbons (Fsp3) is 0.632. The molecule has 7 heteroatoms. The summed E-state index contributed by atoms with van der Waals surface area (Å²) in [6.45, 7) is 6.26. The van der Waals surface area contributed by atoms with Gasteiger partial charge in [-0.15, -0.1) is 21.5 Å². The van der Waals surface area contributed by atoms with Crippen molar-refractivity contribution < 1.29 is 4.79 Å². The van der Waals surface area contributed by atoms with Crippen LogP contribution in [0.4, 0.5) is 0 Å². The van der Waals surface area contributed by atoms with Crippen molar-refractivity contribution in [1.82, 2.24) is 19.7 Å². The van der Waals surface area contributed by atoms with Gasteiger partial charge in [-0.25, -0.2) is 0 Å². The van der Waals surface area contributed by atoms with Crippen LogP contribution in [0.25, 0.3) is 0 Å². The smallest absolute Gasteiger partial charge is 0.233 e. The third kappa shape index (κ3) is 4.14. The summed E-state index contributed by atoms with van der Waals surface area (Å²) in [6.07, 6.45) is 4.44. The van der Waals surface area contributed by atoms with Crippen molar-refractivity contribution >= 4 is 29.0 Å². The number of thiophene rings is 1. The number of likely N-dealkylation sites (tertiary alicyclic amines) is 1. The molecule has 0 unspecified atom stereocenters. The van der Waals surface area contributed by atoms with E-state index in [-0.39, 0.29) is 5.91 Å². The van der Waals surface area contributed by atoms with E-state index in [0.717, 1.165) is 30.5 Å². The first kappa shape index (κ1) is 18.0. The van der Waals surface area contributed by atoms with Gasteiger partial charge in [-0.05, 0) is 42.5 Å². The van der Waals surface area contributed by atoms with Crippen molar-refractivity contribution in [3.63, 3.8) is 0 Å². The molecule has 2 aromatic heterocycles. The van der Waals surface area contributed by atoms with Gasteiger partial charge in [-0.1, -0.05) is 31.7 Å². The molecule has 3 heterocycles. The van der Waals surface area contributed by atoms with Crippen LogP contribution in [0, 0.1) is 11.8 Å². The number of piperidine rings is 1. The third-order valence-electron chi connectivity index (χ3n) is 5.11. The second-order valence-corrected chi connectivity index (χ2v) is 9.76. The predicted octanol–water partition coefficient (Wildman–Crippen LogP) is 3.86. The quantitative estimate of drug-likeness (QED) is 0.703. The molecule has 26 heavy (non-hydrogen) atoms. The Kier molecular flexibility index (Phi) is 5.36. The average Bonchev–Trinajstić information content (AvgIpc) is 3.15. The maximum Gasteiger partial charge on any atom is 0.233 e. The normalized spacial score (nSPS) is 23.4. The zero-order valence-electron chi connectivity index (χ0n) is 15.4. The van der Waals surface area contributed by atoms with E-state index in [9.17, 15) is 4.79 Å². The van der Waals surface area contributed by atoms with Crippen LogP contribution in [-0.2, 0) is 11.2 Å². The molecule has 1 amide bonds. The molecule has 0 radical (unpaired) electrons. The first-order valence-corrected chi connectivity index (χ1v) is 11.3. The highest BCUT2D eigenvalue weighted by molar-refractivity contribution is 7.99. The van der Waals surface area contributed by atoms with Crippen molar-refractivity contribution in [3.8, 4) is 0 Å². The minimum absolute atomic E-state index is 0.235. The van der Waals surface area contributed by atoms with Gasteiger partial charge in [0.25, 0.3) is 0 Å². The predicted molar refractivity (Wildman–Crippen MR) is 106 cm³/mol. The molecule has 0 aromatic carbocycles. The second kappa shape index (κ2) is 7.72. The minimum Gasteiger partial charge on any atom is -0.341 e. The first-order valence-electron chi connectivity index (χ1n) is 9.47. The zero-order valence-corrected chi connectivity index (χ0v) is 17.1. The summed E-state index contributed by atoms with van der Waals surface area (Å²) in [5.41, 5.74) is 0. The Morgan fingerprint density at radius 1 is 1.27 bits per heavy atom. The Bertz CT molecular complexity index is 744. The molecule has 1 saturated carbocycles. The lowest BCUT2D eigenvalue weighted by atomic mass is 9.92. The highest BCUT2D eigenvalue weighted by atomic mass is 32.2. The van der Waals surface area contributed by atoms with Gasteiger partial charge in [0.05, 0.1) is 5.75 Å². The molecule has 0 spiro atoms. The fourth-order valence-electron chi connectivity index (χ4n) is 3.88. The summed E-state index contributed by atoms with van der Waals surface area (Å²) in [4.78, 5) is 16.0. The fourth-order valence-corrected chi connectivity index (χ4v) is 5.51. The molecule has 1 saturated heterocycles. The number of hydrogen-bond acceptors (Lipinski definition) is 5. The molecular formula is C19H26N4OS2. The largest absolute Gasteiger partial charge is 0.341 e. The molecular weight excluding hydrogens is 364 g/mol. The minimum atomic E-state index is 0.235. The lowest BCUT2D eigenvalue weighted by Crippen LogP contribution is -2.43. The van der Waals surface area contributed by atoms with E-state index in [0.29, 0.717) is 23.6 Å². The van der Waals surface area contributed by atoms with Crippen molar-refractivity contribution in [2.75, 3.05) is 18.8 Å². The maximum atomic E-state index is 12.7. The third-order valence-corrected chi connectivity index (χ3v) is 6.91. The molecule has 2 fully saturated rings. The summed E-state index contributed by atoms with van der Waals surface area (Å²) in [6, 6.07) is 4.74. The van der Waals surface area contributed by atoms with Gasteiger partial charge in [0.15, 0.2) is 5.16 Å². The molecule has 0 bridgehead atoms. The Hall–Kier alpha value is -1.34. The van der Waals surface area contributed by atoms with Gasteiger partial charge < -0.3 is 9.47 Å². The number of nitrogens with zero attached hydrogens (tertiary/aromatic N) is 4. The van der Waals surface area contributed by atoms with Gasteiger partial charge in [0, 0.05) is 30.4 Å². The number of carbonyl (C=O) groups excluding carboxylic acids is 1. The first-order chi connectivity index (χ1) is 12.6. The van der Waals surface area contributed by atoms with Crippen molar-refractivity contribution in [2.24, 2.45) is 11.8 Å². The molecule has 4 rings (SSSR count). The van der Waals surface area contributed by atoms with Crippen LogP contribution in [0.3, 0.4) is 0 Å². The van der Waals surface area contributed by atoms with Gasteiger partial charge in [-0.3, -0.25) is 4.79 Å². The van der Waals surface area contributed by atoms with Crippen LogP contribution in [0.15, 0.2) is 22.7 Å². The monoisotopic (exact) mass is 390 g/mol. The number of hydrogen-bond donors (Lipinski definition) is 0. The number of thioether (sulfide) groups is 1. The highest BCUT2D eigenvalue weighted by Gasteiger charge is 2.31. The van der Waals surface area contributed by atoms with Crippen LogP contribution < -0.4 is 0 Å². The standard InChI is InChI=1S/C19H26N4OS2/c1-13-8-14(2)11-22(10-13)18(24)12-26-19-21-20-17(23(19)15-5-6-15)9-16-4-3-7-25-16/h3-4,7,13-15H,5-6,8-12H2,1-2H3/t13-,14-/m1/s1. The Balaban J connectivity index is 1.41. The number of aromatic nitrogens is 3. The van der Waals surface area contributed by atoms with E-state index in [2.05, 4.69) is 46.1 Å². The highest BCUT2D eigenvalue weighted by Crippen LogP contribution is 2.39. The van der Waals surface area contributed by atoms with Crippen LogP contribution in [0.2, 0.25) is 0 Å². The summed E-state index contributed by atoms with van der Waals surface area (Å²) in [5.74, 6) is 2.92. The van der Waals surface area contributed by atoms with Crippen LogP contribution in [0.5, 0.6) is 0 Å². The van der Waals surface area contributed by atoms with E-state index in [1.807, 2.05) is 4.90 Å². The lowest BCUT2D eigenvalue weighted by molar-refractivity contribution is -0.130. The van der Waals surface area contributed by atoms with E-state index >= 15 is 0 Å². The average molecular weight is 391 g/mol. The molecule has 2 aliphatic rings. The van der Waals surface area contributed by atoms with Crippen molar-refractivity contribution in [3.05, 3.63) is 28.2 Å². The topological polar surface area (TPSA) is 51.0 Å². The van der Waals surface area contributed by atoms with Crippen LogP contribution in [0.1, 0.15) is 49.9 Å². The molecule has 2 aromatic rings. The van der Waals surface area contributed by atoms with E-state index in [4.69, 9.17) is 0 Å². The SMILES string of the molecule is C[C@@H]1C[C@@H](C)CN(C(=O)CSc2nnc(Cc3cccs3)n2C2CC2)C1.